The number of ether oxygens (including phenoxy) is 3. The maximum atomic E-state index is 13.8. The van der Waals surface area contributed by atoms with Crippen LogP contribution >= 0.6 is 0 Å². The Morgan fingerprint density at radius 3 is 1.86 bits per heavy atom. The summed E-state index contributed by atoms with van der Waals surface area (Å²) in [7, 11) is 1.25. The summed E-state index contributed by atoms with van der Waals surface area (Å²) < 4.78 is 15.9. The molecule has 12 nitrogen and oxygen atoms in total. The maximum Gasteiger partial charge on any atom is 0.407 e. The van der Waals surface area contributed by atoms with Crippen LogP contribution in [-0.2, 0) is 41.6 Å². The Kier molecular flexibility index (Phi) is 16.6. The normalized spacial score (nSPS) is 14.3. The fraction of sp³-hybridized carbons (Fsp3) is 0.541. The minimum atomic E-state index is -0.992. The summed E-state index contributed by atoms with van der Waals surface area (Å²) in [6.07, 6.45) is -0.697. The predicted molar refractivity (Wildman–Crippen MR) is 186 cm³/mol. The molecule has 49 heavy (non-hydrogen) atoms. The third-order valence-electron chi connectivity index (χ3n) is 7.73. The van der Waals surface area contributed by atoms with Gasteiger partial charge < -0.3 is 35.5 Å². The number of amides is 4. The van der Waals surface area contributed by atoms with Crippen molar-refractivity contribution in [1.29, 1.82) is 0 Å². The average Bonchev–Trinajstić information content (AvgIpc) is 3.04. The van der Waals surface area contributed by atoms with Crippen LogP contribution in [0.15, 0.2) is 60.7 Å². The van der Waals surface area contributed by atoms with Crippen LogP contribution in [0.3, 0.4) is 0 Å². The molecule has 0 aromatic heterocycles. The van der Waals surface area contributed by atoms with Gasteiger partial charge in [0.1, 0.15) is 24.3 Å². The van der Waals surface area contributed by atoms with Gasteiger partial charge in [-0.15, -0.1) is 0 Å². The van der Waals surface area contributed by atoms with Crippen LogP contribution in [-0.4, -0.2) is 66.8 Å². The summed E-state index contributed by atoms with van der Waals surface area (Å²) in [5.74, 6) is -1.88. The van der Waals surface area contributed by atoms with E-state index >= 15 is 0 Å². The second-order valence-corrected chi connectivity index (χ2v) is 13.6. The topological polar surface area (TPSA) is 161 Å². The first-order valence-electron chi connectivity index (χ1n) is 16.8. The smallest absolute Gasteiger partial charge is 0.407 e. The highest BCUT2D eigenvalue weighted by atomic mass is 16.6. The highest BCUT2D eigenvalue weighted by Gasteiger charge is 2.34. The Labute approximate surface area is 290 Å². The summed E-state index contributed by atoms with van der Waals surface area (Å²) in [6.45, 7) is 12.7. The highest BCUT2D eigenvalue weighted by molar-refractivity contribution is 5.91. The monoisotopic (exact) mass is 682 g/mol. The molecule has 5 atom stereocenters. The van der Waals surface area contributed by atoms with Crippen molar-refractivity contribution in [3.63, 3.8) is 0 Å². The number of hydrogen-bond acceptors (Lipinski definition) is 8. The first-order valence-corrected chi connectivity index (χ1v) is 16.8. The number of hydrogen-bond donors (Lipinski definition) is 4. The molecule has 0 radical (unpaired) electrons. The van der Waals surface area contributed by atoms with Gasteiger partial charge in [-0.25, -0.2) is 14.4 Å². The minimum Gasteiger partial charge on any atom is -0.467 e. The zero-order chi connectivity index (χ0) is 36.6. The van der Waals surface area contributed by atoms with Gasteiger partial charge in [-0.3, -0.25) is 9.59 Å². The fourth-order valence-corrected chi connectivity index (χ4v) is 5.05. The molecule has 2 aromatic carbocycles. The van der Waals surface area contributed by atoms with Crippen molar-refractivity contribution < 1.29 is 38.2 Å². The zero-order valence-corrected chi connectivity index (χ0v) is 30.0. The molecule has 0 aliphatic carbocycles. The number of rotatable bonds is 17. The average molecular weight is 683 g/mol. The van der Waals surface area contributed by atoms with Crippen LogP contribution in [0.25, 0.3) is 0 Å². The van der Waals surface area contributed by atoms with Crippen LogP contribution in [0.2, 0.25) is 0 Å². The van der Waals surface area contributed by atoms with E-state index in [1.54, 1.807) is 20.8 Å². The number of nitrogens with one attached hydrogen (secondary N) is 4. The molecule has 0 bridgehead atoms. The van der Waals surface area contributed by atoms with E-state index < -0.39 is 59.7 Å². The molecule has 270 valence electrons. The Balaban J connectivity index is 2.38. The van der Waals surface area contributed by atoms with Crippen molar-refractivity contribution in [2.75, 3.05) is 7.11 Å². The first-order chi connectivity index (χ1) is 23.1. The number of alkyl carbamates (subject to hydrolysis) is 2. The third-order valence-corrected chi connectivity index (χ3v) is 7.73. The summed E-state index contributed by atoms with van der Waals surface area (Å²) in [5.41, 5.74) is 0.805. The molecule has 0 aliphatic rings. The van der Waals surface area contributed by atoms with E-state index in [-0.39, 0.29) is 31.3 Å². The van der Waals surface area contributed by atoms with E-state index in [9.17, 15) is 24.0 Å². The lowest BCUT2D eigenvalue weighted by Crippen LogP contribution is -2.57. The number of carbonyl (C=O) groups excluding carboxylic acids is 5. The lowest BCUT2D eigenvalue weighted by atomic mass is 9.94. The van der Waals surface area contributed by atoms with E-state index in [0.717, 1.165) is 11.1 Å². The molecule has 0 aliphatic heterocycles. The number of methoxy groups -OCH3 is 1. The Morgan fingerprint density at radius 2 is 1.33 bits per heavy atom. The maximum absolute atomic E-state index is 13.8. The van der Waals surface area contributed by atoms with E-state index in [1.807, 2.05) is 88.4 Å². The quantitative estimate of drug-likeness (QED) is 0.133. The van der Waals surface area contributed by atoms with Crippen LogP contribution in [0.4, 0.5) is 9.59 Å². The molecule has 2 rings (SSSR count). The van der Waals surface area contributed by atoms with Crippen molar-refractivity contribution >= 4 is 30.0 Å². The molecule has 0 fully saturated rings. The molecule has 0 saturated carbocycles. The highest BCUT2D eigenvalue weighted by Crippen LogP contribution is 2.15. The molecule has 0 spiro atoms. The van der Waals surface area contributed by atoms with Crippen LogP contribution in [0, 0.1) is 11.8 Å². The third kappa shape index (κ3) is 15.4. The second kappa shape index (κ2) is 20.0. The van der Waals surface area contributed by atoms with Gasteiger partial charge in [-0.1, -0.05) is 94.8 Å². The molecule has 0 heterocycles. The van der Waals surface area contributed by atoms with Crippen molar-refractivity contribution in [2.24, 2.45) is 11.8 Å². The van der Waals surface area contributed by atoms with E-state index in [2.05, 4.69) is 21.3 Å². The van der Waals surface area contributed by atoms with Gasteiger partial charge in [-0.2, -0.15) is 0 Å². The van der Waals surface area contributed by atoms with Crippen molar-refractivity contribution in [3.05, 3.63) is 71.8 Å². The van der Waals surface area contributed by atoms with E-state index in [0.29, 0.717) is 12.8 Å². The summed E-state index contributed by atoms with van der Waals surface area (Å²) in [6, 6.07) is 14.7. The van der Waals surface area contributed by atoms with Crippen molar-refractivity contribution in [3.8, 4) is 0 Å². The largest absolute Gasteiger partial charge is 0.467 e. The SMILES string of the molecule is CC[C@H](C)[C@H](NC(=O)C[C@H](NC(=O)OCc1ccccc1)C(Cc1ccccc1)NC(=O)OC(C)(C)C)C(=O)N[C@@H](CC(C)C)C(=O)OC. The Hall–Kier alpha value is -4.61. The second-order valence-electron chi connectivity index (χ2n) is 13.6. The van der Waals surface area contributed by atoms with Crippen LogP contribution in [0.5, 0.6) is 0 Å². The Bertz CT molecular complexity index is 1350. The number of esters is 1. The molecule has 2 aromatic rings. The van der Waals surface area contributed by atoms with Gasteiger partial charge >= 0.3 is 18.2 Å². The summed E-state index contributed by atoms with van der Waals surface area (Å²) in [5, 5.41) is 11.2. The Morgan fingerprint density at radius 1 is 0.755 bits per heavy atom. The lowest BCUT2D eigenvalue weighted by molar-refractivity contribution is -0.146. The van der Waals surface area contributed by atoms with Crippen molar-refractivity contribution in [2.45, 2.75) is 111 Å². The van der Waals surface area contributed by atoms with Gasteiger partial charge in [0.15, 0.2) is 0 Å². The lowest BCUT2D eigenvalue weighted by Gasteiger charge is -2.31. The van der Waals surface area contributed by atoms with Crippen LogP contribution in [0.1, 0.15) is 78.9 Å². The minimum absolute atomic E-state index is 0.0115. The fourth-order valence-electron chi connectivity index (χ4n) is 5.05. The summed E-state index contributed by atoms with van der Waals surface area (Å²) >= 11 is 0. The molecule has 12 heteroatoms. The standard InChI is InChI=1S/C37H54N4O8/c1-9-25(4)32(33(43)38-30(20-24(2)3)34(44)47-8)41-31(42)22-29(39-35(45)48-23-27-18-14-11-15-19-27)28(21-26-16-12-10-13-17-26)40-36(46)49-37(5,6)7/h10-19,24-25,28-30,32H,9,20-23H2,1-8H3,(H,38,43)(H,39,45)(H,40,46)(H,41,42)/t25-,28?,29-,30-,32-/m0/s1. The van der Waals surface area contributed by atoms with Crippen LogP contribution < -0.4 is 21.3 Å². The molecule has 4 amide bonds. The van der Waals surface area contributed by atoms with Gasteiger partial charge in [0.05, 0.1) is 19.2 Å². The zero-order valence-electron chi connectivity index (χ0n) is 30.0. The van der Waals surface area contributed by atoms with Gasteiger partial charge in [-0.05, 0) is 56.6 Å². The van der Waals surface area contributed by atoms with Gasteiger partial charge in [0.2, 0.25) is 11.8 Å². The first kappa shape index (κ1) is 40.6. The summed E-state index contributed by atoms with van der Waals surface area (Å²) in [4.78, 5) is 65.9. The van der Waals surface area contributed by atoms with Gasteiger partial charge in [0, 0.05) is 6.42 Å². The van der Waals surface area contributed by atoms with Crippen molar-refractivity contribution in [1.82, 2.24) is 21.3 Å². The molecule has 0 saturated heterocycles. The van der Waals surface area contributed by atoms with E-state index in [1.165, 1.54) is 7.11 Å². The molecule has 1 unspecified atom stereocenters. The number of benzene rings is 2. The molecular formula is C37H54N4O8. The van der Waals surface area contributed by atoms with Gasteiger partial charge in [0.25, 0.3) is 0 Å². The predicted octanol–water partition coefficient (Wildman–Crippen LogP) is 5.04. The van der Waals surface area contributed by atoms with E-state index in [4.69, 9.17) is 14.2 Å². The number of carbonyl (C=O) groups is 5. The molecule has 4 N–H and O–H groups in total. The molecular weight excluding hydrogens is 628 g/mol.